The van der Waals surface area contributed by atoms with Crippen LogP contribution in [0.15, 0.2) is 12.5 Å². The maximum absolute atomic E-state index is 4.24. The van der Waals surface area contributed by atoms with Gasteiger partial charge in [-0.15, -0.1) is 0 Å². The Morgan fingerprint density at radius 2 is 2.23 bits per heavy atom. The van der Waals surface area contributed by atoms with E-state index in [1.54, 1.807) is 6.33 Å². The number of hydrogen-bond acceptors (Lipinski definition) is 3. The molecule has 0 aliphatic heterocycles. The molecule has 0 atom stereocenters. The van der Waals surface area contributed by atoms with Crippen molar-refractivity contribution in [1.29, 1.82) is 0 Å². The van der Waals surface area contributed by atoms with Gasteiger partial charge in [-0.25, -0.2) is 9.97 Å². The first-order valence-corrected chi connectivity index (χ1v) is 5.35. The molecule has 3 nitrogen and oxygen atoms in total. The zero-order valence-corrected chi connectivity index (χ0v) is 10.3. The van der Waals surface area contributed by atoms with Gasteiger partial charge >= 0.3 is 0 Å². The van der Waals surface area contributed by atoms with Gasteiger partial charge in [0.15, 0.2) is 0 Å². The van der Waals surface area contributed by atoms with Crippen molar-refractivity contribution in [2.75, 3.05) is 18.5 Å². The SMILES string of the molecule is CC(C)CN(C)c1ncncc1I. The first-order chi connectivity index (χ1) is 6.11. The third-order valence-electron chi connectivity index (χ3n) is 1.65. The zero-order valence-electron chi connectivity index (χ0n) is 8.16. The number of rotatable bonds is 3. The molecule has 0 aliphatic rings. The van der Waals surface area contributed by atoms with Crippen LogP contribution >= 0.6 is 22.6 Å². The van der Waals surface area contributed by atoms with Crippen molar-refractivity contribution in [1.82, 2.24) is 9.97 Å². The Labute approximate surface area is 92.7 Å². The second-order valence-corrected chi connectivity index (χ2v) is 4.63. The topological polar surface area (TPSA) is 29.0 Å². The van der Waals surface area contributed by atoms with Crippen LogP contribution in [-0.2, 0) is 0 Å². The third-order valence-corrected chi connectivity index (χ3v) is 2.41. The molecule has 0 fully saturated rings. The van der Waals surface area contributed by atoms with Gasteiger partial charge in [0.1, 0.15) is 12.1 Å². The van der Waals surface area contributed by atoms with Crippen LogP contribution in [0.25, 0.3) is 0 Å². The average Bonchev–Trinajstić information content (AvgIpc) is 2.03. The molecule has 1 aromatic rings. The van der Waals surface area contributed by atoms with Gasteiger partial charge < -0.3 is 4.90 Å². The van der Waals surface area contributed by atoms with Crippen LogP contribution in [0, 0.1) is 9.49 Å². The van der Waals surface area contributed by atoms with E-state index in [9.17, 15) is 0 Å². The molecule has 0 saturated heterocycles. The normalized spacial score (nSPS) is 10.5. The minimum Gasteiger partial charge on any atom is -0.358 e. The highest BCUT2D eigenvalue weighted by molar-refractivity contribution is 14.1. The molecular formula is C9H14IN3. The minimum absolute atomic E-state index is 0.649. The molecule has 0 bridgehead atoms. The lowest BCUT2D eigenvalue weighted by molar-refractivity contribution is 0.633. The second-order valence-electron chi connectivity index (χ2n) is 3.47. The van der Waals surface area contributed by atoms with Crippen LogP contribution in [0.3, 0.4) is 0 Å². The van der Waals surface area contributed by atoms with E-state index in [2.05, 4.69) is 58.4 Å². The summed E-state index contributed by atoms with van der Waals surface area (Å²) >= 11 is 2.26. The molecule has 0 saturated carbocycles. The van der Waals surface area contributed by atoms with Crippen molar-refractivity contribution >= 4 is 28.4 Å². The van der Waals surface area contributed by atoms with Gasteiger partial charge in [0.25, 0.3) is 0 Å². The molecule has 0 spiro atoms. The summed E-state index contributed by atoms with van der Waals surface area (Å²) in [5.74, 6) is 1.67. The molecule has 0 aliphatic carbocycles. The summed E-state index contributed by atoms with van der Waals surface area (Å²) in [6.07, 6.45) is 3.42. The zero-order chi connectivity index (χ0) is 9.84. The first-order valence-electron chi connectivity index (χ1n) is 4.28. The maximum atomic E-state index is 4.24. The lowest BCUT2D eigenvalue weighted by Crippen LogP contribution is -2.24. The molecule has 1 aromatic heterocycles. The Hall–Kier alpha value is -0.390. The summed E-state index contributed by atoms with van der Waals surface area (Å²) in [5, 5.41) is 0. The molecule has 0 aromatic carbocycles. The van der Waals surface area contributed by atoms with E-state index >= 15 is 0 Å². The van der Waals surface area contributed by atoms with Crippen LogP contribution in [0.1, 0.15) is 13.8 Å². The van der Waals surface area contributed by atoms with Gasteiger partial charge in [-0.05, 0) is 28.5 Å². The standard InChI is InChI=1S/C9H14IN3/c1-7(2)5-13(3)9-8(10)4-11-6-12-9/h4,6-7H,5H2,1-3H3. The fraction of sp³-hybridized carbons (Fsp3) is 0.556. The summed E-state index contributed by atoms with van der Waals surface area (Å²) in [7, 11) is 2.06. The molecule has 0 amide bonds. The molecule has 1 rings (SSSR count). The van der Waals surface area contributed by atoms with E-state index < -0.39 is 0 Å². The first kappa shape index (κ1) is 10.7. The number of halogens is 1. The average molecular weight is 291 g/mol. The smallest absolute Gasteiger partial charge is 0.145 e. The quantitative estimate of drug-likeness (QED) is 0.799. The lowest BCUT2D eigenvalue weighted by atomic mass is 10.2. The molecule has 1 heterocycles. The van der Waals surface area contributed by atoms with Crippen LogP contribution < -0.4 is 4.90 Å². The molecule has 0 unspecified atom stereocenters. The van der Waals surface area contributed by atoms with Crippen molar-refractivity contribution in [2.24, 2.45) is 5.92 Å². The van der Waals surface area contributed by atoms with Gasteiger partial charge in [0.05, 0.1) is 3.57 Å². The number of hydrogen-bond donors (Lipinski definition) is 0. The summed E-state index contributed by atoms with van der Waals surface area (Å²) < 4.78 is 1.10. The van der Waals surface area contributed by atoms with Crippen molar-refractivity contribution in [2.45, 2.75) is 13.8 Å². The van der Waals surface area contributed by atoms with Crippen LogP contribution in [0.5, 0.6) is 0 Å². The number of nitrogens with zero attached hydrogens (tertiary/aromatic N) is 3. The summed E-state index contributed by atoms with van der Waals surface area (Å²) in [6.45, 7) is 5.42. The van der Waals surface area contributed by atoms with E-state index in [0.717, 1.165) is 15.9 Å². The number of anilines is 1. The highest BCUT2D eigenvalue weighted by atomic mass is 127. The van der Waals surface area contributed by atoms with Gasteiger partial charge in [0.2, 0.25) is 0 Å². The third kappa shape index (κ3) is 3.10. The highest BCUT2D eigenvalue weighted by Crippen LogP contribution is 2.17. The van der Waals surface area contributed by atoms with E-state index in [-0.39, 0.29) is 0 Å². The van der Waals surface area contributed by atoms with Crippen LogP contribution in [0.2, 0.25) is 0 Å². The second kappa shape index (κ2) is 4.74. The van der Waals surface area contributed by atoms with Gasteiger partial charge in [-0.2, -0.15) is 0 Å². The Morgan fingerprint density at radius 3 is 2.77 bits per heavy atom. The van der Waals surface area contributed by atoms with Crippen molar-refractivity contribution < 1.29 is 0 Å². The molecule has 0 N–H and O–H groups in total. The minimum atomic E-state index is 0.649. The van der Waals surface area contributed by atoms with Gasteiger partial charge in [0, 0.05) is 19.8 Å². The van der Waals surface area contributed by atoms with E-state index in [1.807, 2.05) is 6.20 Å². The Bertz CT molecular complexity index is 275. The number of aromatic nitrogens is 2. The molecule has 0 radical (unpaired) electrons. The van der Waals surface area contributed by atoms with Crippen molar-refractivity contribution in [3.63, 3.8) is 0 Å². The van der Waals surface area contributed by atoms with Crippen molar-refractivity contribution in [3.8, 4) is 0 Å². The molecule has 13 heavy (non-hydrogen) atoms. The fourth-order valence-electron chi connectivity index (χ4n) is 1.22. The largest absolute Gasteiger partial charge is 0.358 e. The van der Waals surface area contributed by atoms with E-state index in [0.29, 0.717) is 5.92 Å². The lowest BCUT2D eigenvalue weighted by Gasteiger charge is -2.20. The van der Waals surface area contributed by atoms with E-state index in [4.69, 9.17) is 0 Å². The van der Waals surface area contributed by atoms with Crippen LogP contribution in [0.4, 0.5) is 5.82 Å². The predicted octanol–water partition coefficient (Wildman–Crippen LogP) is 2.17. The maximum Gasteiger partial charge on any atom is 0.145 e. The molecule has 4 heteroatoms. The monoisotopic (exact) mass is 291 g/mol. The molecular weight excluding hydrogens is 277 g/mol. The summed E-state index contributed by atoms with van der Waals surface area (Å²) in [5.41, 5.74) is 0. The Balaban J connectivity index is 2.76. The Kier molecular flexibility index (Phi) is 3.90. The molecule has 72 valence electrons. The highest BCUT2D eigenvalue weighted by Gasteiger charge is 2.07. The van der Waals surface area contributed by atoms with Gasteiger partial charge in [-0.3, -0.25) is 0 Å². The van der Waals surface area contributed by atoms with Gasteiger partial charge in [-0.1, -0.05) is 13.8 Å². The fourth-order valence-corrected chi connectivity index (χ4v) is 1.93. The van der Waals surface area contributed by atoms with Crippen LogP contribution in [-0.4, -0.2) is 23.6 Å². The van der Waals surface area contributed by atoms with E-state index in [1.165, 1.54) is 0 Å². The summed E-state index contributed by atoms with van der Waals surface area (Å²) in [4.78, 5) is 10.4. The summed E-state index contributed by atoms with van der Waals surface area (Å²) in [6, 6.07) is 0. The predicted molar refractivity (Wildman–Crippen MR) is 62.9 cm³/mol. The van der Waals surface area contributed by atoms with Crippen molar-refractivity contribution in [3.05, 3.63) is 16.1 Å². The Morgan fingerprint density at radius 1 is 1.54 bits per heavy atom.